The van der Waals surface area contributed by atoms with Crippen molar-refractivity contribution in [1.82, 2.24) is 9.97 Å². The highest BCUT2D eigenvalue weighted by Gasteiger charge is 2.16. The Bertz CT molecular complexity index is 876. The number of benzene rings is 2. The molecule has 0 radical (unpaired) electrons. The third kappa shape index (κ3) is 3.65. The number of carbonyl (C=O) groups excluding carboxylic acids is 1. The number of hydrogen-bond donors (Lipinski definition) is 3. The molecule has 0 aliphatic carbocycles. The molecule has 0 saturated carbocycles. The molecular weight excluding hydrogens is 304 g/mol. The van der Waals surface area contributed by atoms with Gasteiger partial charge in [-0.15, -0.1) is 0 Å². The molecule has 3 rings (SSSR count). The van der Waals surface area contributed by atoms with Crippen LogP contribution in [0, 0.1) is 0 Å². The number of H-pyrrole nitrogens is 1. The molecule has 124 valence electrons. The van der Waals surface area contributed by atoms with E-state index in [4.69, 9.17) is 10.5 Å². The number of hydrogen-bond acceptors (Lipinski definition) is 4. The third-order valence-corrected chi connectivity index (χ3v) is 3.31. The number of nitrogen functional groups attached to an aromatic ring is 1. The minimum Gasteiger partial charge on any atom is -0.444 e. The minimum atomic E-state index is -0.528. The molecule has 0 saturated heterocycles. The van der Waals surface area contributed by atoms with E-state index >= 15 is 0 Å². The van der Waals surface area contributed by atoms with Crippen LogP contribution in [-0.2, 0) is 4.74 Å². The maximum atomic E-state index is 11.8. The van der Waals surface area contributed by atoms with Crippen LogP contribution in [0.1, 0.15) is 20.8 Å². The Morgan fingerprint density at radius 3 is 2.54 bits per heavy atom. The summed E-state index contributed by atoms with van der Waals surface area (Å²) in [5, 5.41) is 2.70. The van der Waals surface area contributed by atoms with Gasteiger partial charge in [-0.1, -0.05) is 0 Å². The molecule has 1 heterocycles. The number of imidazole rings is 1. The van der Waals surface area contributed by atoms with Crippen molar-refractivity contribution in [3.63, 3.8) is 0 Å². The molecule has 6 nitrogen and oxygen atoms in total. The van der Waals surface area contributed by atoms with Crippen molar-refractivity contribution in [2.45, 2.75) is 26.4 Å². The topological polar surface area (TPSA) is 93.0 Å². The first-order chi connectivity index (χ1) is 11.3. The fourth-order valence-electron chi connectivity index (χ4n) is 2.30. The number of anilines is 2. The summed E-state index contributed by atoms with van der Waals surface area (Å²) in [6.45, 7) is 5.47. The number of carbonyl (C=O) groups is 1. The Morgan fingerprint density at radius 2 is 1.88 bits per heavy atom. The predicted molar refractivity (Wildman–Crippen MR) is 95.8 cm³/mol. The van der Waals surface area contributed by atoms with Gasteiger partial charge in [0.1, 0.15) is 11.4 Å². The number of rotatable bonds is 2. The first-order valence-electron chi connectivity index (χ1n) is 7.66. The van der Waals surface area contributed by atoms with Crippen molar-refractivity contribution in [1.29, 1.82) is 0 Å². The van der Waals surface area contributed by atoms with Gasteiger partial charge in [0.25, 0.3) is 0 Å². The summed E-state index contributed by atoms with van der Waals surface area (Å²) in [5.74, 6) is 0.749. The molecule has 0 spiro atoms. The normalized spacial score (nSPS) is 11.5. The molecule has 0 aliphatic rings. The summed E-state index contributed by atoms with van der Waals surface area (Å²) < 4.78 is 5.23. The largest absolute Gasteiger partial charge is 0.444 e. The molecule has 6 heteroatoms. The number of aromatic nitrogens is 2. The van der Waals surface area contributed by atoms with Crippen LogP contribution in [-0.4, -0.2) is 21.7 Å². The van der Waals surface area contributed by atoms with E-state index in [9.17, 15) is 4.79 Å². The van der Waals surface area contributed by atoms with Crippen LogP contribution in [0.15, 0.2) is 42.5 Å². The monoisotopic (exact) mass is 324 g/mol. The van der Waals surface area contributed by atoms with Crippen LogP contribution in [0.5, 0.6) is 0 Å². The van der Waals surface area contributed by atoms with E-state index in [1.54, 1.807) is 12.1 Å². The molecule has 3 aromatic rings. The number of aromatic amines is 1. The zero-order valence-corrected chi connectivity index (χ0v) is 13.9. The second-order valence-corrected chi connectivity index (χ2v) is 6.57. The Balaban J connectivity index is 1.77. The SMILES string of the molecule is CC(C)(C)OC(=O)Nc1ccc(-c2nc3ccc(N)cc3[nH]2)cc1. The van der Waals surface area contributed by atoms with Crippen molar-refractivity contribution in [2.24, 2.45) is 0 Å². The van der Waals surface area contributed by atoms with Gasteiger partial charge in [-0.05, 0) is 63.2 Å². The van der Waals surface area contributed by atoms with Crippen LogP contribution < -0.4 is 11.1 Å². The van der Waals surface area contributed by atoms with Gasteiger partial charge in [0, 0.05) is 16.9 Å². The van der Waals surface area contributed by atoms with Crippen LogP contribution in [0.4, 0.5) is 16.2 Å². The van der Waals surface area contributed by atoms with Gasteiger partial charge >= 0.3 is 6.09 Å². The third-order valence-electron chi connectivity index (χ3n) is 3.31. The molecule has 1 amide bonds. The Hall–Kier alpha value is -3.02. The van der Waals surface area contributed by atoms with Gasteiger partial charge < -0.3 is 15.5 Å². The zero-order valence-electron chi connectivity index (χ0n) is 13.9. The average Bonchev–Trinajstić information content (AvgIpc) is 2.89. The molecule has 4 N–H and O–H groups in total. The summed E-state index contributed by atoms with van der Waals surface area (Å²) in [6, 6.07) is 12.9. The van der Waals surface area contributed by atoms with Crippen LogP contribution in [0.25, 0.3) is 22.4 Å². The van der Waals surface area contributed by atoms with Gasteiger partial charge in [-0.2, -0.15) is 0 Å². The van der Waals surface area contributed by atoms with E-state index < -0.39 is 11.7 Å². The van der Waals surface area contributed by atoms with E-state index in [0.717, 1.165) is 22.4 Å². The van der Waals surface area contributed by atoms with Gasteiger partial charge in [0.15, 0.2) is 0 Å². The van der Waals surface area contributed by atoms with Crippen molar-refractivity contribution in [3.8, 4) is 11.4 Å². The van der Waals surface area contributed by atoms with Crippen LogP contribution >= 0.6 is 0 Å². The molecule has 1 aromatic heterocycles. The van der Waals surface area contributed by atoms with E-state index in [-0.39, 0.29) is 0 Å². The molecular formula is C18H20N4O2. The van der Waals surface area contributed by atoms with Crippen molar-refractivity contribution < 1.29 is 9.53 Å². The van der Waals surface area contributed by atoms with Gasteiger partial charge in [-0.25, -0.2) is 9.78 Å². The molecule has 0 unspecified atom stereocenters. The summed E-state index contributed by atoms with van der Waals surface area (Å²) in [7, 11) is 0. The highest BCUT2D eigenvalue weighted by atomic mass is 16.6. The van der Waals surface area contributed by atoms with E-state index in [2.05, 4.69) is 15.3 Å². The lowest BCUT2D eigenvalue weighted by molar-refractivity contribution is 0.0636. The molecule has 2 aromatic carbocycles. The lowest BCUT2D eigenvalue weighted by Crippen LogP contribution is -2.27. The fourth-order valence-corrected chi connectivity index (χ4v) is 2.30. The molecule has 0 bridgehead atoms. The standard InChI is InChI=1S/C18H20N4O2/c1-18(2,3)24-17(23)20-13-7-4-11(5-8-13)16-21-14-9-6-12(19)10-15(14)22-16/h4-10H,19H2,1-3H3,(H,20,23)(H,21,22). The molecule has 0 fully saturated rings. The first-order valence-corrected chi connectivity index (χ1v) is 7.66. The number of nitrogens with two attached hydrogens (primary N) is 1. The van der Waals surface area contributed by atoms with Crippen LogP contribution in [0.3, 0.4) is 0 Å². The van der Waals surface area contributed by atoms with Gasteiger partial charge in [0.05, 0.1) is 11.0 Å². The number of amides is 1. The lowest BCUT2D eigenvalue weighted by Gasteiger charge is -2.19. The highest BCUT2D eigenvalue weighted by Crippen LogP contribution is 2.23. The van der Waals surface area contributed by atoms with E-state index in [1.165, 1.54) is 0 Å². The van der Waals surface area contributed by atoms with E-state index in [0.29, 0.717) is 11.4 Å². The second kappa shape index (κ2) is 5.88. The summed E-state index contributed by atoms with van der Waals surface area (Å²) in [6.07, 6.45) is -0.477. The van der Waals surface area contributed by atoms with Crippen molar-refractivity contribution in [2.75, 3.05) is 11.1 Å². The van der Waals surface area contributed by atoms with Gasteiger partial charge in [-0.3, -0.25) is 5.32 Å². The van der Waals surface area contributed by atoms with Gasteiger partial charge in [0.2, 0.25) is 0 Å². The minimum absolute atomic E-state index is 0.477. The molecule has 24 heavy (non-hydrogen) atoms. The Kier molecular flexibility index (Phi) is 3.89. The summed E-state index contributed by atoms with van der Waals surface area (Å²) in [5.41, 5.74) is 9.27. The lowest BCUT2D eigenvalue weighted by atomic mass is 10.2. The summed E-state index contributed by atoms with van der Waals surface area (Å²) >= 11 is 0. The van der Waals surface area contributed by atoms with Crippen molar-refractivity contribution in [3.05, 3.63) is 42.5 Å². The maximum absolute atomic E-state index is 11.8. The second-order valence-electron chi connectivity index (χ2n) is 6.57. The fraction of sp³-hybridized carbons (Fsp3) is 0.222. The molecule has 0 aliphatic heterocycles. The maximum Gasteiger partial charge on any atom is 0.412 e. The Labute approximate surface area is 140 Å². The number of nitrogens with zero attached hydrogens (tertiary/aromatic N) is 1. The predicted octanol–water partition coefficient (Wildman–Crippen LogP) is 4.16. The summed E-state index contributed by atoms with van der Waals surface area (Å²) in [4.78, 5) is 19.5. The number of fused-ring (bicyclic) bond motifs is 1. The number of ether oxygens (including phenoxy) is 1. The first kappa shape index (κ1) is 15.9. The quantitative estimate of drug-likeness (QED) is 0.617. The van der Waals surface area contributed by atoms with Crippen molar-refractivity contribution >= 4 is 28.5 Å². The highest BCUT2D eigenvalue weighted by molar-refractivity contribution is 5.86. The smallest absolute Gasteiger partial charge is 0.412 e. The number of nitrogens with one attached hydrogen (secondary N) is 2. The Morgan fingerprint density at radius 1 is 1.17 bits per heavy atom. The van der Waals surface area contributed by atoms with Crippen LogP contribution in [0.2, 0.25) is 0 Å². The average molecular weight is 324 g/mol. The van der Waals surface area contributed by atoms with E-state index in [1.807, 2.05) is 51.1 Å². The zero-order chi connectivity index (χ0) is 17.3. The molecule has 0 atom stereocenters.